The molecule has 1 rings (SSSR count). The fourth-order valence-electron chi connectivity index (χ4n) is 1.68. The van der Waals surface area contributed by atoms with Crippen molar-refractivity contribution in [2.45, 2.75) is 39.5 Å². The molecule has 0 aliphatic rings. The second kappa shape index (κ2) is 7.28. The van der Waals surface area contributed by atoms with Crippen molar-refractivity contribution >= 4 is 17.2 Å². The number of benzene rings is 1. The Morgan fingerprint density at radius 2 is 2.06 bits per heavy atom. The Hall–Kier alpha value is -1.09. The molecule has 0 aliphatic carbocycles. The van der Waals surface area contributed by atoms with Crippen LogP contribution in [-0.2, 0) is 0 Å². The van der Waals surface area contributed by atoms with Gasteiger partial charge in [0.15, 0.2) is 0 Å². The zero-order chi connectivity index (χ0) is 12.7. The molecule has 0 saturated carbocycles. The van der Waals surface area contributed by atoms with Gasteiger partial charge in [0, 0.05) is 5.56 Å². The number of rotatable bonds is 7. The van der Waals surface area contributed by atoms with Gasteiger partial charge in [-0.3, -0.25) is 0 Å². The first-order valence-corrected chi connectivity index (χ1v) is 6.59. The standard InChI is InChI=1S/C14H21NOS/c1-3-4-5-6-9-16-13-8-7-12(14(15)17)10-11(13)2/h7-8,10H,3-6,9H2,1-2H3,(H2,15,17). The van der Waals surface area contributed by atoms with Crippen LogP contribution in [0.3, 0.4) is 0 Å². The van der Waals surface area contributed by atoms with E-state index in [9.17, 15) is 0 Å². The summed E-state index contributed by atoms with van der Waals surface area (Å²) in [5.74, 6) is 0.932. The van der Waals surface area contributed by atoms with E-state index in [0.29, 0.717) is 4.99 Å². The predicted molar refractivity (Wildman–Crippen MR) is 76.7 cm³/mol. The van der Waals surface area contributed by atoms with E-state index in [1.165, 1.54) is 19.3 Å². The molecule has 2 nitrogen and oxygen atoms in total. The molecule has 0 amide bonds. The van der Waals surface area contributed by atoms with Gasteiger partial charge >= 0.3 is 0 Å². The summed E-state index contributed by atoms with van der Waals surface area (Å²) in [6.45, 7) is 5.01. The molecule has 0 bridgehead atoms. The van der Waals surface area contributed by atoms with E-state index in [2.05, 4.69) is 6.92 Å². The molecule has 17 heavy (non-hydrogen) atoms. The largest absolute Gasteiger partial charge is 0.493 e. The smallest absolute Gasteiger partial charge is 0.122 e. The van der Waals surface area contributed by atoms with Crippen LogP contribution < -0.4 is 10.5 Å². The third-order valence-electron chi connectivity index (χ3n) is 2.71. The van der Waals surface area contributed by atoms with E-state index in [-0.39, 0.29) is 0 Å². The summed E-state index contributed by atoms with van der Waals surface area (Å²) in [5, 5.41) is 0. The number of hydrogen-bond donors (Lipinski definition) is 1. The maximum absolute atomic E-state index is 5.73. The minimum Gasteiger partial charge on any atom is -0.493 e. The Balaban J connectivity index is 2.46. The minimum atomic E-state index is 0.433. The average Bonchev–Trinajstić information content (AvgIpc) is 2.30. The summed E-state index contributed by atoms with van der Waals surface area (Å²) < 4.78 is 5.73. The van der Waals surface area contributed by atoms with Crippen LogP contribution in [0.5, 0.6) is 5.75 Å². The van der Waals surface area contributed by atoms with Gasteiger partial charge in [0.1, 0.15) is 10.7 Å². The topological polar surface area (TPSA) is 35.2 Å². The van der Waals surface area contributed by atoms with Crippen LogP contribution in [0.15, 0.2) is 18.2 Å². The van der Waals surface area contributed by atoms with Crippen LogP contribution in [0.4, 0.5) is 0 Å². The third kappa shape index (κ3) is 4.73. The lowest BCUT2D eigenvalue weighted by atomic mass is 10.1. The summed E-state index contributed by atoms with van der Waals surface area (Å²) >= 11 is 4.94. The Labute approximate surface area is 109 Å². The number of aryl methyl sites for hydroxylation is 1. The quantitative estimate of drug-likeness (QED) is 0.594. The van der Waals surface area contributed by atoms with Gasteiger partial charge in [-0.15, -0.1) is 0 Å². The molecule has 1 aromatic carbocycles. The predicted octanol–water partition coefficient (Wildman–Crippen LogP) is 3.59. The average molecular weight is 251 g/mol. The van der Waals surface area contributed by atoms with Gasteiger partial charge in [0.05, 0.1) is 6.61 Å². The van der Waals surface area contributed by atoms with E-state index in [4.69, 9.17) is 22.7 Å². The first-order chi connectivity index (χ1) is 8.15. The Kier molecular flexibility index (Phi) is 5.98. The molecule has 1 aromatic rings. The van der Waals surface area contributed by atoms with E-state index in [0.717, 1.165) is 29.9 Å². The van der Waals surface area contributed by atoms with Gasteiger partial charge < -0.3 is 10.5 Å². The van der Waals surface area contributed by atoms with Crippen molar-refractivity contribution in [3.05, 3.63) is 29.3 Å². The van der Waals surface area contributed by atoms with E-state index in [1.807, 2.05) is 25.1 Å². The van der Waals surface area contributed by atoms with Crippen molar-refractivity contribution in [2.75, 3.05) is 6.61 Å². The Morgan fingerprint density at radius 1 is 1.29 bits per heavy atom. The lowest BCUT2D eigenvalue weighted by Crippen LogP contribution is -2.09. The van der Waals surface area contributed by atoms with Gasteiger partial charge in [0.2, 0.25) is 0 Å². The fourth-order valence-corrected chi connectivity index (χ4v) is 1.80. The van der Waals surface area contributed by atoms with Crippen molar-refractivity contribution in [3.8, 4) is 5.75 Å². The highest BCUT2D eigenvalue weighted by Crippen LogP contribution is 2.19. The second-order valence-corrected chi connectivity index (χ2v) is 4.69. The lowest BCUT2D eigenvalue weighted by Gasteiger charge is -2.10. The molecule has 0 spiro atoms. The molecule has 0 saturated heterocycles. The number of hydrogen-bond acceptors (Lipinski definition) is 2. The van der Waals surface area contributed by atoms with Crippen LogP contribution in [0, 0.1) is 6.92 Å². The maximum atomic E-state index is 5.73. The van der Waals surface area contributed by atoms with Gasteiger partial charge in [0.25, 0.3) is 0 Å². The van der Waals surface area contributed by atoms with Crippen LogP contribution in [-0.4, -0.2) is 11.6 Å². The molecular formula is C14H21NOS. The van der Waals surface area contributed by atoms with Crippen LogP contribution in [0.1, 0.15) is 43.7 Å². The summed E-state index contributed by atoms with van der Waals surface area (Å²) in [6, 6.07) is 5.84. The normalized spacial score (nSPS) is 10.2. The van der Waals surface area contributed by atoms with Crippen molar-refractivity contribution in [2.24, 2.45) is 5.73 Å². The molecule has 0 aromatic heterocycles. The highest BCUT2D eigenvalue weighted by Gasteiger charge is 2.02. The van der Waals surface area contributed by atoms with Crippen molar-refractivity contribution in [1.29, 1.82) is 0 Å². The van der Waals surface area contributed by atoms with Gasteiger partial charge in [-0.05, 0) is 37.1 Å². The van der Waals surface area contributed by atoms with Crippen LogP contribution >= 0.6 is 12.2 Å². The number of nitrogens with two attached hydrogens (primary N) is 1. The highest BCUT2D eigenvalue weighted by molar-refractivity contribution is 7.80. The first-order valence-electron chi connectivity index (χ1n) is 6.18. The number of ether oxygens (including phenoxy) is 1. The molecule has 3 heteroatoms. The molecular weight excluding hydrogens is 230 g/mol. The minimum absolute atomic E-state index is 0.433. The van der Waals surface area contributed by atoms with Gasteiger partial charge in [-0.2, -0.15) is 0 Å². The highest BCUT2D eigenvalue weighted by atomic mass is 32.1. The summed E-state index contributed by atoms with van der Waals surface area (Å²) in [7, 11) is 0. The van der Waals surface area contributed by atoms with E-state index in [1.54, 1.807) is 0 Å². The SMILES string of the molecule is CCCCCCOc1ccc(C(N)=S)cc1C. The fraction of sp³-hybridized carbons (Fsp3) is 0.500. The molecule has 0 aliphatic heterocycles. The molecule has 0 unspecified atom stereocenters. The molecule has 94 valence electrons. The van der Waals surface area contributed by atoms with Crippen molar-refractivity contribution in [1.82, 2.24) is 0 Å². The summed E-state index contributed by atoms with van der Waals surface area (Å²) in [5.41, 5.74) is 7.57. The van der Waals surface area contributed by atoms with Crippen LogP contribution in [0.2, 0.25) is 0 Å². The van der Waals surface area contributed by atoms with Gasteiger partial charge in [-0.1, -0.05) is 38.4 Å². The zero-order valence-electron chi connectivity index (χ0n) is 10.7. The molecule has 2 N–H and O–H groups in total. The zero-order valence-corrected chi connectivity index (χ0v) is 11.5. The maximum Gasteiger partial charge on any atom is 0.122 e. The summed E-state index contributed by atoms with van der Waals surface area (Å²) in [4.78, 5) is 0.433. The third-order valence-corrected chi connectivity index (χ3v) is 2.95. The van der Waals surface area contributed by atoms with Crippen molar-refractivity contribution < 1.29 is 4.74 Å². The molecule has 0 fully saturated rings. The molecule has 0 atom stereocenters. The Bertz CT molecular complexity index is 376. The van der Waals surface area contributed by atoms with E-state index >= 15 is 0 Å². The monoisotopic (exact) mass is 251 g/mol. The Morgan fingerprint density at radius 3 is 2.65 bits per heavy atom. The van der Waals surface area contributed by atoms with Gasteiger partial charge in [-0.25, -0.2) is 0 Å². The second-order valence-electron chi connectivity index (χ2n) is 4.25. The van der Waals surface area contributed by atoms with E-state index < -0.39 is 0 Å². The lowest BCUT2D eigenvalue weighted by molar-refractivity contribution is 0.303. The summed E-state index contributed by atoms with van der Waals surface area (Å²) in [6.07, 6.45) is 4.88. The molecule has 0 radical (unpaired) electrons. The first kappa shape index (κ1) is 14.0. The van der Waals surface area contributed by atoms with Crippen LogP contribution in [0.25, 0.3) is 0 Å². The van der Waals surface area contributed by atoms with Crippen molar-refractivity contribution in [3.63, 3.8) is 0 Å². The molecule has 0 heterocycles. The number of thiocarbonyl (C=S) groups is 1. The number of unbranched alkanes of at least 4 members (excludes halogenated alkanes) is 3.